The van der Waals surface area contributed by atoms with Gasteiger partial charge < -0.3 is 9.88 Å². The average Bonchev–Trinajstić information content (AvgIpc) is 2.75. The number of aryl methyl sites for hydroxylation is 2. The maximum atomic E-state index is 12.4. The Hall–Kier alpha value is -3.26. The van der Waals surface area contributed by atoms with E-state index in [2.05, 4.69) is 32.2 Å². The largest absolute Gasteiger partial charge is 0.369 e. The average molecular weight is 421 g/mol. The van der Waals surface area contributed by atoms with Crippen molar-refractivity contribution in [2.75, 3.05) is 11.9 Å². The highest BCUT2D eigenvalue weighted by molar-refractivity contribution is 7.59. The third kappa shape index (κ3) is 4.33. The van der Waals surface area contributed by atoms with E-state index in [1.165, 1.54) is 4.57 Å². The Kier molecular flexibility index (Phi) is 6.47. The molecule has 0 fully saturated rings. The monoisotopic (exact) mass is 420 g/mol. The van der Waals surface area contributed by atoms with Gasteiger partial charge in [0.2, 0.25) is 0 Å². The molecule has 1 aromatic carbocycles. The van der Waals surface area contributed by atoms with Gasteiger partial charge in [0.05, 0.1) is 22.9 Å². The summed E-state index contributed by atoms with van der Waals surface area (Å²) in [6.07, 6.45) is 4.93. The number of benzene rings is 1. The van der Waals surface area contributed by atoms with Gasteiger partial charge in [0.15, 0.2) is 0 Å². The summed E-state index contributed by atoms with van der Waals surface area (Å²) in [5, 5.41) is 4.01. The van der Waals surface area contributed by atoms with Crippen LogP contribution in [0.3, 0.4) is 0 Å². The maximum absolute atomic E-state index is 12.4. The molecule has 0 aliphatic heterocycles. The van der Waals surface area contributed by atoms with Crippen molar-refractivity contribution in [1.29, 1.82) is 0 Å². The van der Waals surface area contributed by atoms with Crippen LogP contribution in [0.2, 0.25) is 0 Å². The van der Waals surface area contributed by atoms with Crippen LogP contribution >= 0.6 is 13.5 Å². The molecule has 8 heteroatoms. The smallest absolute Gasteiger partial charge is 0.260 e. The lowest BCUT2D eigenvalue weighted by Crippen LogP contribution is -2.18. The Morgan fingerprint density at radius 2 is 1.93 bits per heavy atom. The fraction of sp³-hybridized carbons (Fsp3) is 0.227. The van der Waals surface area contributed by atoms with Crippen molar-refractivity contribution < 1.29 is 0 Å². The van der Waals surface area contributed by atoms with Gasteiger partial charge in [-0.25, -0.2) is 15.0 Å². The van der Waals surface area contributed by atoms with Crippen molar-refractivity contribution in [3.05, 3.63) is 76.9 Å². The third-order valence-corrected chi connectivity index (χ3v) is 4.97. The molecule has 0 amide bonds. The van der Waals surface area contributed by atoms with Crippen LogP contribution in [-0.2, 0) is 7.05 Å². The molecular formula is C22H24N6OS. The Bertz CT molecular complexity index is 1220. The van der Waals surface area contributed by atoms with E-state index in [1.54, 1.807) is 19.7 Å². The first-order valence-corrected chi connectivity index (χ1v) is 9.46. The summed E-state index contributed by atoms with van der Waals surface area (Å²) in [4.78, 5) is 29.8. The standard InChI is InChI=1S/C22H22N6O.H2S/c1-14(17-5-4-6-18-21(17)27-13-28(3)22(18)29)10-24-20-9-19(25-12-26-20)16-8-7-15(2)23-11-16;/h4-9,11-14H,10H2,1-3H3,(H,24,25,26);1H2/t14-;/m1./s1. The molecule has 4 aromatic rings. The van der Waals surface area contributed by atoms with Gasteiger partial charge in [0.25, 0.3) is 5.56 Å². The molecule has 0 radical (unpaired) electrons. The first kappa shape index (κ1) is 21.4. The molecule has 0 aliphatic rings. The van der Waals surface area contributed by atoms with Crippen molar-refractivity contribution in [2.24, 2.45) is 7.05 Å². The molecule has 154 valence electrons. The molecule has 0 bridgehead atoms. The molecule has 0 saturated carbocycles. The van der Waals surface area contributed by atoms with Gasteiger partial charge in [-0.2, -0.15) is 13.5 Å². The molecule has 1 atom stereocenters. The van der Waals surface area contributed by atoms with Crippen molar-refractivity contribution in [3.8, 4) is 11.3 Å². The molecule has 0 saturated heterocycles. The Morgan fingerprint density at radius 1 is 1.10 bits per heavy atom. The summed E-state index contributed by atoms with van der Waals surface area (Å²) >= 11 is 0. The summed E-state index contributed by atoms with van der Waals surface area (Å²) in [7, 11) is 1.71. The minimum Gasteiger partial charge on any atom is -0.369 e. The van der Waals surface area contributed by atoms with Gasteiger partial charge in [0, 0.05) is 43.0 Å². The van der Waals surface area contributed by atoms with Crippen LogP contribution in [0.5, 0.6) is 0 Å². The zero-order chi connectivity index (χ0) is 20.4. The second-order valence-corrected chi connectivity index (χ2v) is 7.16. The molecule has 4 rings (SSSR count). The van der Waals surface area contributed by atoms with Crippen LogP contribution < -0.4 is 10.9 Å². The third-order valence-electron chi connectivity index (χ3n) is 4.97. The number of para-hydroxylation sites is 1. The van der Waals surface area contributed by atoms with E-state index in [1.807, 2.05) is 49.5 Å². The zero-order valence-electron chi connectivity index (χ0n) is 17.1. The molecule has 0 spiro atoms. The second-order valence-electron chi connectivity index (χ2n) is 7.16. The molecule has 0 aliphatic carbocycles. The normalized spacial score (nSPS) is 11.7. The molecule has 3 aromatic heterocycles. The number of aromatic nitrogens is 5. The van der Waals surface area contributed by atoms with Crippen molar-refractivity contribution in [3.63, 3.8) is 0 Å². The number of fused-ring (bicyclic) bond motifs is 1. The van der Waals surface area contributed by atoms with E-state index in [9.17, 15) is 4.79 Å². The quantitative estimate of drug-likeness (QED) is 0.532. The van der Waals surface area contributed by atoms with Crippen LogP contribution in [-0.4, -0.2) is 31.0 Å². The number of nitrogens with zero attached hydrogens (tertiary/aromatic N) is 5. The lowest BCUT2D eigenvalue weighted by molar-refractivity contribution is 0.798. The Labute approximate surface area is 181 Å². The van der Waals surface area contributed by atoms with E-state index >= 15 is 0 Å². The second kappa shape index (κ2) is 9.04. The lowest BCUT2D eigenvalue weighted by atomic mass is 9.98. The highest BCUT2D eigenvalue weighted by Crippen LogP contribution is 2.23. The van der Waals surface area contributed by atoms with Crippen molar-refractivity contribution >= 4 is 30.2 Å². The van der Waals surface area contributed by atoms with E-state index < -0.39 is 0 Å². The van der Waals surface area contributed by atoms with Crippen LogP contribution in [0.15, 0.2) is 60.0 Å². The number of hydrogen-bond donors (Lipinski definition) is 1. The van der Waals surface area contributed by atoms with Crippen molar-refractivity contribution in [2.45, 2.75) is 19.8 Å². The van der Waals surface area contributed by atoms with Gasteiger partial charge in [-0.05, 0) is 30.7 Å². The molecular weight excluding hydrogens is 396 g/mol. The minimum atomic E-state index is -0.0378. The highest BCUT2D eigenvalue weighted by Gasteiger charge is 2.13. The summed E-state index contributed by atoms with van der Waals surface area (Å²) in [6, 6.07) is 11.6. The van der Waals surface area contributed by atoms with Gasteiger partial charge in [-0.1, -0.05) is 19.1 Å². The van der Waals surface area contributed by atoms with Gasteiger partial charge in [-0.3, -0.25) is 9.78 Å². The summed E-state index contributed by atoms with van der Waals surface area (Å²) in [5.74, 6) is 0.879. The first-order chi connectivity index (χ1) is 14.0. The predicted octanol–water partition coefficient (Wildman–Crippen LogP) is 3.42. The van der Waals surface area contributed by atoms with Crippen molar-refractivity contribution in [1.82, 2.24) is 24.5 Å². The van der Waals surface area contributed by atoms with Crippen LogP contribution in [0.4, 0.5) is 5.82 Å². The molecule has 1 N–H and O–H groups in total. The topological polar surface area (TPSA) is 85.6 Å². The zero-order valence-corrected chi connectivity index (χ0v) is 18.1. The van der Waals surface area contributed by atoms with Crippen LogP contribution in [0.25, 0.3) is 22.2 Å². The van der Waals surface area contributed by atoms with E-state index in [-0.39, 0.29) is 25.0 Å². The van der Waals surface area contributed by atoms with Gasteiger partial charge >= 0.3 is 0 Å². The van der Waals surface area contributed by atoms with E-state index in [0.717, 1.165) is 33.8 Å². The van der Waals surface area contributed by atoms with E-state index in [4.69, 9.17) is 0 Å². The highest BCUT2D eigenvalue weighted by atomic mass is 32.1. The number of nitrogens with one attached hydrogen (secondary N) is 1. The fourth-order valence-electron chi connectivity index (χ4n) is 3.26. The molecule has 3 heterocycles. The first-order valence-electron chi connectivity index (χ1n) is 9.46. The lowest BCUT2D eigenvalue weighted by Gasteiger charge is -2.15. The van der Waals surface area contributed by atoms with Gasteiger partial charge in [-0.15, -0.1) is 0 Å². The minimum absolute atomic E-state index is 0. The van der Waals surface area contributed by atoms with E-state index in [0.29, 0.717) is 11.9 Å². The number of rotatable bonds is 5. The fourth-order valence-corrected chi connectivity index (χ4v) is 3.26. The Balaban J connectivity index is 0.00000256. The van der Waals surface area contributed by atoms with Gasteiger partial charge in [0.1, 0.15) is 12.1 Å². The Morgan fingerprint density at radius 3 is 2.70 bits per heavy atom. The summed E-state index contributed by atoms with van der Waals surface area (Å²) < 4.78 is 1.50. The van der Waals surface area contributed by atoms with Crippen LogP contribution in [0, 0.1) is 6.92 Å². The SMILES string of the molecule is Cc1ccc(-c2cc(NC[C@@H](C)c3cccc4c(=O)n(C)cnc34)ncn2)cn1.S. The molecule has 7 nitrogen and oxygen atoms in total. The number of anilines is 1. The number of hydrogen-bond acceptors (Lipinski definition) is 6. The summed E-state index contributed by atoms with van der Waals surface area (Å²) in [6.45, 7) is 4.71. The molecule has 30 heavy (non-hydrogen) atoms. The number of pyridine rings is 1. The molecule has 0 unspecified atom stereocenters. The maximum Gasteiger partial charge on any atom is 0.260 e. The van der Waals surface area contributed by atoms with Crippen LogP contribution in [0.1, 0.15) is 24.1 Å². The summed E-state index contributed by atoms with van der Waals surface area (Å²) in [5.41, 5.74) is 4.47. The predicted molar refractivity (Wildman–Crippen MR) is 124 cm³/mol.